The van der Waals surface area contributed by atoms with Gasteiger partial charge in [-0.1, -0.05) is 31.9 Å². The number of hydrogen-bond acceptors (Lipinski definition) is 2. The maximum absolute atomic E-state index is 11.8. The number of esters is 1. The molecule has 2 heteroatoms. The van der Waals surface area contributed by atoms with Gasteiger partial charge in [0.15, 0.2) is 5.60 Å². The van der Waals surface area contributed by atoms with Crippen molar-refractivity contribution in [3.8, 4) is 12.3 Å². The molecule has 4 aliphatic rings. The minimum atomic E-state index is -0.682. The predicted molar refractivity (Wildman–Crippen MR) is 99.6 cm³/mol. The maximum atomic E-state index is 11.8. The molecule has 0 radical (unpaired) electrons. The maximum Gasteiger partial charge on any atom is 0.304 e. The molecule has 0 aliphatic heterocycles. The van der Waals surface area contributed by atoms with Crippen molar-refractivity contribution in [1.29, 1.82) is 0 Å². The first-order chi connectivity index (χ1) is 11.9. The molecule has 3 saturated carbocycles. The van der Waals surface area contributed by atoms with Gasteiger partial charge in [-0.2, -0.15) is 0 Å². The molecule has 7 unspecified atom stereocenters. The zero-order valence-electron chi connectivity index (χ0n) is 16.0. The molecule has 0 bridgehead atoms. The van der Waals surface area contributed by atoms with Crippen LogP contribution >= 0.6 is 0 Å². The number of rotatable bonds is 1. The lowest BCUT2D eigenvalue weighted by Gasteiger charge is -2.60. The molecule has 25 heavy (non-hydrogen) atoms. The lowest BCUT2D eigenvalue weighted by molar-refractivity contribution is -0.172. The Morgan fingerprint density at radius 2 is 1.88 bits per heavy atom. The largest absolute Gasteiger partial charge is 0.445 e. The summed E-state index contributed by atoms with van der Waals surface area (Å²) in [5, 5.41) is 0. The van der Waals surface area contributed by atoms with Crippen molar-refractivity contribution < 1.29 is 9.53 Å². The lowest BCUT2D eigenvalue weighted by atomic mass is 9.45. The summed E-state index contributed by atoms with van der Waals surface area (Å²) in [5.41, 5.74) is -0.275. The summed E-state index contributed by atoms with van der Waals surface area (Å²) >= 11 is 0. The highest BCUT2D eigenvalue weighted by Gasteiger charge is 2.65. The second-order valence-electron chi connectivity index (χ2n) is 9.63. The van der Waals surface area contributed by atoms with Gasteiger partial charge in [0.1, 0.15) is 0 Å². The van der Waals surface area contributed by atoms with Crippen LogP contribution in [0.2, 0.25) is 0 Å². The summed E-state index contributed by atoms with van der Waals surface area (Å²) in [4.78, 5) is 11.8. The Bertz CT molecular complexity index is 643. The summed E-state index contributed by atoms with van der Waals surface area (Å²) in [5.74, 6) is 5.74. The van der Waals surface area contributed by atoms with E-state index in [9.17, 15) is 4.79 Å². The summed E-state index contributed by atoms with van der Waals surface area (Å²) in [7, 11) is 0. The van der Waals surface area contributed by atoms with E-state index in [-0.39, 0.29) is 11.4 Å². The lowest BCUT2D eigenvalue weighted by Crippen LogP contribution is -2.56. The van der Waals surface area contributed by atoms with Crippen LogP contribution in [0.4, 0.5) is 0 Å². The van der Waals surface area contributed by atoms with E-state index in [1.165, 1.54) is 39.0 Å². The van der Waals surface area contributed by atoms with Crippen molar-refractivity contribution in [2.24, 2.45) is 34.5 Å². The molecular formula is C23H32O2. The number of fused-ring (bicyclic) bond motifs is 5. The van der Waals surface area contributed by atoms with E-state index in [0.29, 0.717) is 11.3 Å². The molecule has 0 aromatic heterocycles. The fraction of sp³-hybridized carbons (Fsp3) is 0.783. The third-order valence-electron chi connectivity index (χ3n) is 8.88. The summed E-state index contributed by atoms with van der Waals surface area (Å²) in [6.07, 6.45) is 20.3. The highest BCUT2D eigenvalue weighted by Crippen LogP contribution is 2.68. The van der Waals surface area contributed by atoms with Crippen molar-refractivity contribution in [2.75, 3.05) is 0 Å². The fourth-order valence-electron chi connectivity index (χ4n) is 7.52. The smallest absolute Gasteiger partial charge is 0.304 e. The Labute approximate surface area is 152 Å². The molecule has 0 aromatic rings. The minimum Gasteiger partial charge on any atom is -0.445 e. The Morgan fingerprint density at radius 1 is 1.12 bits per heavy atom. The minimum absolute atomic E-state index is 0.0533. The normalized spacial score (nSPS) is 51.0. The molecule has 0 amide bonds. The molecule has 0 N–H and O–H groups in total. The first kappa shape index (κ1) is 17.2. The molecule has 4 rings (SSSR count). The van der Waals surface area contributed by atoms with Crippen LogP contribution in [-0.4, -0.2) is 11.6 Å². The van der Waals surface area contributed by atoms with Crippen LogP contribution in [-0.2, 0) is 9.53 Å². The first-order valence-electron chi connectivity index (χ1n) is 10.2. The van der Waals surface area contributed by atoms with Gasteiger partial charge in [-0.3, -0.25) is 4.79 Å². The Morgan fingerprint density at radius 3 is 2.60 bits per heavy atom. The fourth-order valence-corrected chi connectivity index (χ4v) is 7.52. The van der Waals surface area contributed by atoms with Gasteiger partial charge in [-0.15, -0.1) is 6.42 Å². The van der Waals surface area contributed by atoms with E-state index < -0.39 is 5.60 Å². The highest BCUT2D eigenvalue weighted by atomic mass is 16.6. The molecule has 0 heterocycles. The zero-order valence-corrected chi connectivity index (χ0v) is 16.0. The van der Waals surface area contributed by atoms with Crippen molar-refractivity contribution in [1.82, 2.24) is 0 Å². The van der Waals surface area contributed by atoms with Gasteiger partial charge in [-0.25, -0.2) is 0 Å². The predicted octanol–water partition coefficient (Wildman–Crippen LogP) is 5.13. The Kier molecular flexibility index (Phi) is 3.87. The number of carbonyl (C=O) groups is 1. The Balaban J connectivity index is 1.67. The van der Waals surface area contributed by atoms with Gasteiger partial charge in [0.2, 0.25) is 0 Å². The number of allylic oxidation sites excluding steroid dienone is 2. The average Bonchev–Trinajstić information content (AvgIpc) is 2.87. The number of carbonyl (C=O) groups excluding carboxylic acids is 1. The van der Waals surface area contributed by atoms with Crippen LogP contribution in [0.1, 0.15) is 72.1 Å². The van der Waals surface area contributed by atoms with Crippen molar-refractivity contribution in [2.45, 2.75) is 77.7 Å². The summed E-state index contributed by atoms with van der Waals surface area (Å²) in [6, 6.07) is 0. The van der Waals surface area contributed by atoms with E-state index in [1.54, 1.807) is 0 Å². The van der Waals surface area contributed by atoms with Gasteiger partial charge >= 0.3 is 5.97 Å². The molecule has 0 aromatic carbocycles. The third-order valence-corrected chi connectivity index (χ3v) is 8.88. The second-order valence-corrected chi connectivity index (χ2v) is 9.63. The second kappa shape index (κ2) is 5.63. The summed E-state index contributed by atoms with van der Waals surface area (Å²) in [6.45, 7) is 6.37. The van der Waals surface area contributed by atoms with Gasteiger partial charge < -0.3 is 4.74 Å². The van der Waals surface area contributed by atoms with Crippen LogP contribution in [0.5, 0.6) is 0 Å². The topological polar surface area (TPSA) is 26.3 Å². The molecule has 0 saturated heterocycles. The molecule has 7 atom stereocenters. The van der Waals surface area contributed by atoms with Crippen molar-refractivity contribution in [3.05, 3.63) is 12.2 Å². The van der Waals surface area contributed by atoms with E-state index in [4.69, 9.17) is 11.2 Å². The van der Waals surface area contributed by atoms with E-state index >= 15 is 0 Å². The van der Waals surface area contributed by atoms with E-state index in [1.807, 2.05) is 0 Å². The molecular weight excluding hydrogens is 308 g/mol. The van der Waals surface area contributed by atoms with Crippen LogP contribution in [0.15, 0.2) is 12.2 Å². The monoisotopic (exact) mass is 340 g/mol. The van der Waals surface area contributed by atoms with Gasteiger partial charge in [-0.05, 0) is 80.5 Å². The van der Waals surface area contributed by atoms with Gasteiger partial charge in [0.25, 0.3) is 0 Å². The van der Waals surface area contributed by atoms with Crippen LogP contribution in [0.25, 0.3) is 0 Å². The van der Waals surface area contributed by atoms with E-state index in [2.05, 4.69) is 31.9 Å². The first-order valence-corrected chi connectivity index (χ1v) is 10.2. The van der Waals surface area contributed by atoms with Crippen molar-refractivity contribution in [3.63, 3.8) is 0 Å². The van der Waals surface area contributed by atoms with Crippen LogP contribution < -0.4 is 0 Å². The molecule has 3 fully saturated rings. The highest BCUT2D eigenvalue weighted by molar-refractivity contribution is 5.67. The van der Waals surface area contributed by atoms with Gasteiger partial charge in [0, 0.05) is 12.3 Å². The molecule has 2 nitrogen and oxygen atoms in total. The molecule has 136 valence electrons. The quantitative estimate of drug-likeness (QED) is 0.376. The zero-order chi connectivity index (χ0) is 17.9. The molecule has 4 aliphatic carbocycles. The number of hydrogen-bond donors (Lipinski definition) is 0. The Hall–Kier alpha value is -1.23. The average molecular weight is 341 g/mol. The van der Waals surface area contributed by atoms with Crippen LogP contribution in [0, 0.1) is 46.8 Å². The third kappa shape index (κ3) is 2.20. The number of terminal acetylenes is 1. The van der Waals surface area contributed by atoms with Gasteiger partial charge in [0.05, 0.1) is 0 Å². The SMILES string of the molecule is C#CC1(OC(C)=O)CCC2C3CCC4CC=CCC4(C)C3CCC21C. The standard InChI is InChI=1S/C23H32O2/c1-5-23(25-16(2)24)15-12-20-18-10-9-17-8-6-7-13-21(17,3)19(18)11-14-22(20,23)4/h1,6-7,17-20H,8-15H2,2-4H3. The van der Waals surface area contributed by atoms with Crippen LogP contribution in [0.3, 0.4) is 0 Å². The molecule has 0 spiro atoms. The number of ether oxygens (including phenoxy) is 1. The van der Waals surface area contributed by atoms with Crippen molar-refractivity contribution >= 4 is 5.97 Å². The summed E-state index contributed by atoms with van der Waals surface area (Å²) < 4.78 is 5.85. The van der Waals surface area contributed by atoms with E-state index in [0.717, 1.165) is 37.0 Å².